The van der Waals surface area contributed by atoms with Crippen LogP contribution in [0.25, 0.3) is 0 Å². The molecule has 0 aromatic heterocycles. The van der Waals surface area contributed by atoms with Gasteiger partial charge in [0.15, 0.2) is 5.60 Å². The highest BCUT2D eigenvalue weighted by molar-refractivity contribution is 6.30. The molecule has 1 saturated heterocycles. The second kappa shape index (κ2) is 6.75. The standard InChI is InChI=1S/C22H23ClF3NO/c1-20(28,22(24,25)26)16-5-8-18-15(12-16)4-9-19-21(18,10-11-27-19)13-14-2-6-17(23)7-3-14/h2-3,5-8,12,19,27-28H,4,9-11,13H2,1H3. The van der Waals surface area contributed by atoms with Crippen molar-refractivity contribution >= 4 is 11.6 Å². The van der Waals surface area contributed by atoms with Crippen molar-refractivity contribution in [2.45, 2.75) is 55.8 Å². The van der Waals surface area contributed by atoms with E-state index in [-0.39, 0.29) is 11.0 Å². The van der Waals surface area contributed by atoms with Gasteiger partial charge in [0, 0.05) is 16.5 Å². The first kappa shape index (κ1) is 19.7. The number of aliphatic hydroxyl groups is 1. The van der Waals surface area contributed by atoms with E-state index in [1.54, 1.807) is 12.1 Å². The molecule has 6 heteroatoms. The van der Waals surface area contributed by atoms with Gasteiger partial charge in [0.2, 0.25) is 0 Å². The first-order valence-corrected chi connectivity index (χ1v) is 9.92. The fourth-order valence-corrected chi connectivity index (χ4v) is 4.99. The third-order valence-corrected chi connectivity index (χ3v) is 6.77. The number of rotatable bonds is 3. The maximum absolute atomic E-state index is 13.3. The Balaban J connectivity index is 1.76. The molecule has 2 nitrogen and oxygen atoms in total. The summed E-state index contributed by atoms with van der Waals surface area (Å²) in [5.74, 6) is 0. The lowest BCUT2D eigenvalue weighted by molar-refractivity contribution is -0.258. The number of hydrogen-bond donors (Lipinski definition) is 2. The number of aryl methyl sites for hydroxylation is 1. The molecule has 0 saturated carbocycles. The Morgan fingerprint density at radius 2 is 1.89 bits per heavy atom. The Hall–Kier alpha value is -1.56. The quantitative estimate of drug-likeness (QED) is 0.755. The van der Waals surface area contributed by atoms with Crippen molar-refractivity contribution in [3.63, 3.8) is 0 Å². The Morgan fingerprint density at radius 1 is 1.18 bits per heavy atom. The summed E-state index contributed by atoms with van der Waals surface area (Å²) >= 11 is 6.01. The van der Waals surface area contributed by atoms with Crippen molar-refractivity contribution in [3.8, 4) is 0 Å². The lowest BCUT2D eigenvalue weighted by Crippen LogP contribution is -2.46. The van der Waals surface area contributed by atoms with Gasteiger partial charge in [-0.2, -0.15) is 13.2 Å². The molecule has 1 fully saturated rings. The molecule has 2 aliphatic rings. The molecular formula is C22H23ClF3NO. The van der Waals surface area contributed by atoms with Crippen molar-refractivity contribution in [1.82, 2.24) is 5.32 Å². The molecular weight excluding hydrogens is 387 g/mol. The SMILES string of the molecule is CC(O)(c1ccc2c(c1)CCC1NCCC21Cc1ccc(Cl)cc1)C(F)(F)F. The van der Waals surface area contributed by atoms with E-state index in [2.05, 4.69) is 5.32 Å². The Bertz CT molecular complexity index is 878. The normalized spacial score (nSPS) is 26.4. The molecule has 0 radical (unpaired) electrons. The predicted octanol–water partition coefficient (Wildman–Crippen LogP) is 4.90. The summed E-state index contributed by atoms with van der Waals surface area (Å²) in [6.45, 7) is 1.71. The van der Waals surface area contributed by atoms with Crippen LogP contribution >= 0.6 is 11.6 Å². The van der Waals surface area contributed by atoms with Gasteiger partial charge in [-0.25, -0.2) is 0 Å². The van der Waals surface area contributed by atoms with Crippen molar-refractivity contribution in [2.24, 2.45) is 0 Å². The molecule has 4 rings (SSSR count). The Morgan fingerprint density at radius 3 is 2.57 bits per heavy atom. The molecule has 28 heavy (non-hydrogen) atoms. The predicted molar refractivity (Wildman–Crippen MR) is 104 cm³/mol. The molecule has 2 aromatic carbocycles. The molecule has 2 N–H and O–H groups in total. The third kappa shape index (κ3) is 3.14. The van der Waals surface area contributed by atoms with Crippen LogP contribution in [0.5, 0.6) is 0 Å². The zero-order valence-corrected chi connectivity index (χ0v) is 16.4. The largest absolute Gasteiger partial charge is 0.421 e. The number of nitrogens with one attached hydrogen (secondary N) is 1. The molecule has 1 heterocycles. The maximum atomic E-state index is 13.3. The highest BCUT2D eigenvalue weighted by Crippen LogP contribution is 2.47. The summed E-state index contributed by atoms with van der Waals surface area (Å²) in [6, 6.07) is 12.9. The summed E-state index contributed by atoms with van der Waals surface area (Å²) in [6.07, 6.45) is -1.39. The number of alkyl halides is 3. The van der Waals surface area contributed by atoms with Crippen LogP contribution in [0.1, 0.15) is 42.0 Å². The highest BCUT2D eigenvalue weighted by atomic mass is 35.5. The molecule has 3 unspecified atom stereocenters. The lowest BCUT2D eigenvalue weighted by Gasteiger charge is -2.42. The summed E-state index contributed by atoms with van der Waals surface area (Å²) in [7, 11) is 0. The molecule has 3 atom stereocenters. The average Bonchev–Trinajstić information content (AvgIpc) is 3.06. The minimum Gasteiger partial charge on any atom is -0.376 e. The van der Waals surface area contributed by atoms with E-state index >= 15 is 0 Å². The zero-order chi connectivity index (χ0) is 20.2. The number of fused-ring (bicyclic) bond motifs is 3. The third-order valence-electron chi connectivity index (χ3n) is 6.52. The Labute approximate surface area is 167 Å². The molecule has 2 aromatic rings. The topological polar surface area (TPSA) is 32.3 Å². The van der Waals surface area contributed by atoms with Crippen LogP contribution in [0.2, 0.25) is 5.02 Å². The lowest BCUT2D eigenvalue weighted by atomic mass is 9.63. The summed E-state index contributed by atoms with van der Waals surface area (Å²) in [4.78, 5) is 0. The van der Waals surface area contributed by atoms with Crippen molar-refractivity contribution < 1.29 is 18.3 Å². The van der Waals surface area contributed by atoms with Crippen LogP contribution < -0.4 is 5.32 Å². The van der Waals surface area contributed by atoms with Gasteiger partial charge in [-0.15, -0.1) is 0 Å². The van der Waals surface area contributed by atoms with Crippen molar-refractivity contribution in [1.29, 1.82) is 0 Å². The molecule has 0 amide bonds. The molecule has 1 aliphatic heterocycles. The number of halogens is 4. The fourth-order valence-electron chi connectivity index (χ4n) is 4.87. The average molecular weight is 410 g/mol. The number of benzene rings is 2. The van der Waals surface area contributed by atoms with Crippen molar-refractivity contribution in [3.05, 3.63) is 69.7 Å². The van der Waals surface area contributed by atoms with Crippen LogP contribution in [0.15, 0.2) is 42.5 Å². The van der Waals surface area contributed by atoms with Gasteiger partial charge in [-0.1, -0.05) is 41.9 Å². The highest BCUT2D eigenvalue weighted by Gasteiger charge is 2.52. The zero-order valence-electron chi connectivity index (χ0n) is 15.6. The van der Waals surface area contributed by atoms with Gasteiger partial charge >= 0.3 is 6.18 Å². The van der Waals surface area contributed by atoms with E-state index < -0.39 is 11.8 Å². The monoisotopic (exact) mass is 409 g/mol. The Kier molecular flexibility index (Phi) is 4.76. The van der Waals surface area contributed by atoms with Crippen LogP contribution in [0, 0.1) is 0 Å². The number of hydrogen-bond acceptors (Lipinski definition) is 2. The first-order valence-electron chi connectivity index (χ1n) is 9.54. The summed E-state index contributed by atoms with van der Waals surface area (Å²) in [5, 5.41) is 14.4. The summed E-state index contributed by atoms with van der Waals surface area (Å²) < 4.78 is 39.9. The van der Waals surface area contributed by atoms with Crippen LogP contribution in [-0.4, -0.2) is 23.9 Å². The molecule has 150 valence electrons. The maximum Gasteiger partial charge on any atom is 0.421 e. The molecule has 0 bridgehead atoms. The van der Waals surface area contributed by atoms with Gasteiger partial charge in [0.25, 0.3) is 0 Å². The van der Waals surface area contributed by atoms with E-state index in [1.807, 2.05) is 24.3 Å². The molecule has 1 aliphatic carbocycles. The fraction of sp³-hybridized carbons (Fsp3) is 0.455. The minimum atomic E-state index is -4.71. The first-order chi connectivity index (χ1) is 13.1. The minimum absolute atomic E-state index is 0.0928. The van der Waals surface area contributed by atoms with Crippen LogP contribution in [0.3, 0.4) is 0 Å². The van der Waals surface area contributed by atoms with Gasteiger partial charge in [0.1, 0.15) is 0 Å². The van der Waals surface area contributed by atoms with Crippen LogP contribution in [0.4, 0.5) is 13.2 Å². The van der Waals surface area contributed by atoms with E-state index in [9.17, 15) is 18.3 Å². The molecule has 0 spiro atoms. The van der Waals surface area contributed by atoms with E-state index in [0.29, 0.717) is 17.5 Å². The van der Waals surface area contributed by atoms with Gasteiger partial charge in [-0.05, 0) is 73.5 Å². The van der Waals surface area contributed by atoms with Gasteiger partial charge in [-0.3, -0.25) is 0 Å². The second-order valence-electron chi connectivity index (χ2n) is 8.20. The van der Waals surface area contributed by atoms with Crippen LogP contribution in [-0.2, 0) is 23.9 Å². The van der Waals surface area contributed by atoms with E-state index in [1.165, 1.54) is 6.07 Å². The smallest absolute Gasteiger partial charge is 0.376 e. The van der Waals surface area contributed by atoms with E-state index in [0.717, 1.165) is 49.4 Å². The summed E-state index contributed by atoms with van der Waals surface area (Å²) in [5.41, 5.74) is 0.0867. The second-order valence-corrected chi connectivity index (χ2v) is 8.63. The van der Waals surface area contributed by atoms with Gasteiger partial charge < -0.3 is 10.4 Å². The van der Waals surface area contributed by atoms with Gasteiger partial charge in [0.05, 0.1) is 0 Å². The van der Waals surface area contributed by atoms with E-state index in [4.69, 9.17) is 11.6 Å². The van der Waals surface area contributed by atoms with Crippen molar-refractivity contribution in [2.75, 3.05) is 6.54 Å².